The van der Waals surface area contributed by atoms with Crippen molar-refractivity contribution in [2.45, 2.75) is 32.7 Å². The highest BCUT2D eigenvalue weighted by Gasteiger charge is 2.19. The van der Waals surface area contributed by atoms with Gasteiger partial charge in [-0.15, -0.1) is 12.4 Å². The second kappa shape index (κ2) is 15.5. The number of rotatable bonds is 13. The second-order valence-corrected chi connectivity index (χ2v) is 8.00. The Morgan fingerprint density at radius 1 is 0.944 bits per heavy atom. The first-order valence-electron chi connectivity index (χ1n) is 12.0. The highest BCUT2D eigenvalue weighted by molar-refractivity contribution is 5.94. The zero-order chi connectivity index (χ0) is 24.9. The molecule has 0 spiro atoms. The summed E-state index contributed by atoms with van der Waals surface area (Å²) in [4.78, 5) is 28.9. The van der Waals surface area contributed by atoms with Gasteiger partial charge in [-0.2, -0.15) is 0 Å². The molecule has 0 aliphatic rings. The molecule has 1 amide bonds. The minimum atomic E-state index is -0.366. The smallest absolute Gasteiger partial charge is 0.323 e. The Morgan fingerprint density at radius 3 is 2.33 bits per heavy atom. The third kappa shape index (κ3) is 8.98. The fourth-order valence-electron chi connectivity index (χ4n) is 3.52. The number of nitrogens with zero attached hydrogens (tertiary/aromatic N) is 1. The van der Waals surface area contributed by atoms with Crippen molar-refractivity contribution in [2.75, 3.05) is 26.3 Å². The zero-order valence-corrected chi connectivity index (χ0v) is 21.6. The van der Waals surface area contributed by atoms with Gasteiger partial charge >= 0.3 is 5.97 Å². The lowest BCUT2D eigenvalue weighted by atomic mass is 10.1. The van der Waals surface area contributed by atoms with Crippen LogP contribution in [0.15, 0.2) is 72.9 Å². The molecular formula is C28H34ClN3O4. The average molecular weight is 512 g/mol. The van der Waals surface area contributed by atoms with E-state index in [1.807, 2.05) is 61.5 Å². The van der Waals surface area contributed by atoms with Crippen LogP contribution in [0.1, 0.15) is 36.2 Å². The van der Waals surface area contributed by atoms with Gasteiger partial charge in [-0.1, -0.05) is 37.3 Å². The Balaban J connectivity index is 0.00000456. The molecule has 1 heterocycles. The fraction of sp³-hybridized carbons (Fsp3) is 0.321. The molecule has 0 aliphatic carbocycles. The van der Waals surface area contributed by atoms with Crippen molar-refractivity contribution in [3.63, 3.8) is 0 Å². The van der Waals surface area contributed by atoms with E-state index in [0.29, 0.717) is 37.5 Å². The molecule has 0 bridgehead atoms. The zero-order valence-electron chi connectivity index (χ0n) is 20.7. The van der Waals surface area contributed by atoms with Crippen molar-refractivity contribution in [1.82, 2.24) is 15.6 Å². The maximum absolute atomic E-state index is 12.4. The molecule has 7 nitrogen and oxygen atoms in total. The fourth-order valence-corrected chi connectivity index (χ4v) is 3.52. The number of esters is 1. The van der Waals surface area contributed by atoms with Crippen molar-refractivity contribution < 1.29 is 19.1 Å². The maximum Gasteiger partial charge on any atom is 0.323 e. The van der Waals surface area contributed by atoms with Crippen LogP contribution in [0.25, 0.3) is 11.3 Å². The summed E-state index contributed by atoms with van der Waals surface area (Å²) in [6, 6.07) is 20.3. The summed E-state index contributed by atoms with van der Waals surface area (Å²) in [5.41, 5.74) is 3.43. The first-order chi connectivity index (χ1) is 17.1. The van der Waals surface area contributed by atoms with Gasteiger partial charge in [0.25, 0.3) is 5.91 Å². The van der Waals surface area contributed by atoms with E-state index < -0.39 is 0 Å². The summed E-state index contributed by atoms with van der Waals surface area (Å²) >= 11 is 0. The summed E-state index contributed by atoms with van der Waals surface area (Å²) in [5.74, 6) is 0.321. The molecule has 36 heavy (non-hydrogen) atoms. The molecule has 2 aromatic carbocycles. The lowest BCUT2D eigenvalue weighted by Crippen LogP contribution is -2.40. The molecule has 1 atom stereocenters. The monoisotopic (exact) mass is 511 g/mol. The maximum atomic E-state index is 12.4. The molecular weight excluding hydrogens is 478 g/mol. The predicted octanol–water partition coefficient (Wildman–Crippen LogP) is 4.45. The molecule has 0 fully saturated rings. The number of amides is 1. The van der Waals surface area contributed by atoms with E-state index in [2.05, 4.69) is 22.5 Å². The lowest BCUT2D eigenvalue weighted by Gasteiger charge is -2.17. The molecule has 0 saturated heterocycles. The van der Waals surface area contributed by atoms with Gasteiger partial charge in [0.05, 0.1) is 18.8 Å². The number of hydrogen-bond acceptors (Lipinski definition) is 6. The van der Waals surface area contributed by atoms with Crippen LogP contribution in [0.5, 0.6) is 5.75 Å². The van der Waals surface area contributed by atoms with E-state index in [4.69, 9.17) is 9.47 Å². The number of nitrogens with one attached hydrogen (secondary N) is 2. The summed E-state index contributed by atoms with van der Waals surface area (Å²) in [6.07, 6.45) is 3.23. The largest absolute Gasteiger partial charge is 0.492 e. The van der Waals surface area contributed by atoms with Crippen LogP contribution in [0, 0.1) is 0 Å². The summed E-state index contributed by atoms with van der Waals surface area (Å²) in [6.45, 7) is 5.72. The number of carbonyl (C=O) groups excluding carboxylic acids is 2. The quantitative estimate of drug-likeness (QED) is 0.260. The van der Waals surface area contributed by atoms with Crippen molar-refractivity contribution in [3.8, 4) is 17.0 Å². The average Bonchev–Trinajstić information content (AvgIpc) is 2.90. The van der Waals surface area contributed by atoms with Crippen LogP contribution in [-0.4, -0.2) is 49.2 Å². The Kier molecular flexibility index (Phi) is 12.4. The Bertz CT molecular complexity index is 1060. The molecule has 192 valence electrons. The number of pyridine rings is 1. The van der Waals surface area contributed by atoms with E-state index >= 15 is 0 Å². The van der Waals surface area contributed by atoms with Crippen molar-refractivity contribution in [2.24, 2.45) is 0 Å². The highest BCUT2D eigenvalue weighted by Crippen LogP contribution is 2.17. The van der Waals surface area contributed by atoms with E-state index in [9.17, 15) is 9.59 Å². The van der Waals surface area contributed by atoms with Crippen LogP contribution in [-0.2, 0) is 16.0 Å². The van der Waals surface area contributed by atoms with Gasteiger partial charge in [0.1, 0.15) is 18.4 Å². The van der Waals surface area contributed by atoms with Gasteiger partial charge < -0.3 is 20.1 Å². The molecule has 2 N–H and O–H groups in total. The third-order valence-corrected chi connectivity index (χ3v) is 5.34. The van der Waals surface area contributed by atoms with Gasteiger partial charge in [0, 0.05) is 17.3 Å². The minimum absolute atomic E-state index is 0. The van der Waals surface area contributed by atoms with E-state index in [-0.39, 0.29) is 30.3 Å². The van der Waals surface area contributed by atoms with Crippen molar-refractivity contribution in [3.05, 3.63) is 84.1 Å². The van der Waals surface area contributed by atoms with Gasteiger partial charge in [0.15, 0.2) is 0 Å². The van der Waals surface area contributed by atoms with Crippen molar-refractivity contribution in [1.29, 1.82) is 0 Å². The summed E-state index contributed by atoms with van der Waals surface area (Å²) in [5, 5.41) is 6.12. The van der Waals surface area contributed by atoms with E-state index in [1.165, 1.54) is 0 Å². The summed E-state index contributed by atoms with van der Waals surface area (Å²) in [7, 11) is 0. The molecule has 0 aliphatic heterocycles. The number of benzene rings is 2. The van der Waals surface area contributed by atoms with Crippen LogP contribution in [0.2, 0.25) is 0 Å². The minimum Gasteiger partial charge on any atom is -0.492 e. The molecule has 0 radical (unpaired) electrons. The molecule has 0 saturated carbocycles. The second-order valence-electron chi connectivity index (χ2n) is 8.00. The van der Waals surface area contributed by atoms with Crippen LogP contribution in [0.3, 0.4) is 0 Å². The molecule has 1 unspecified atom stereocenters. The predicted molar refractivity (Wildman–Crippen MR) is 144 cm³/mol. The summed E-state index contributed by atoms with van der Waals surface area (Å²) < 4.78 is 10.9. The van der Waals surface area contributed by atoms with E-state index in [1.54, 1.807) is 18.3 Å². The standard InChI is InChI=1S/C28H33N3O4.ClH/c1-3-16-29-26(28(33)34-4-2)20-21-8-14-24(15-9-21)35-19-18-31-27(32)23-12-10-22(11-13-23)25-7-5-6-17-30-25;/h5-15,17,26,29H,3-4,16,18-20H2,1-2H3,(H,31,32);1H. The normalized spacial score (nSPS) is 11.2. The first-order valence-corrected chi connectivity index (χ1v) is 12.0. The SMILES string of the molecule is CCCNC(Cc1ccc(OCCNC(=O)c2ccc(-c3ccccn3)cc2)cc1)C(=O)OCC.Cl. The Morgan fingerprint density at radius 2 is 1.69 bits per heavy atom. The topological polar surface area (TPSA) is 89.5 Å². The number of carbonyl (C=O) groups is 2. The van der Waals surface area contributed by atoms with Crippen LogP contribution in [0.4, 0.5) is 0 Å². The van der Waals surface area contributed by atoms with Gasteiger partial charge in [-0.3, -0.25) is 14.6 Å². The number of hydrogen-bond donors (Lipinski definition) is 2. The number of aromatic nitrogens is 1. The first kappa shape index (κ1) is 28.8. The van der Waals surface area contributed by atoms with Crippen LogP contribution < -0.4 is 15.4 Å². The Labute approximate surface area is 219 Å². The van der Waals surface area contributed by atoms with E-state index in [0.717, 1.165) is 29.8 Å². The number of ether oxygens (including phenoxy) is 2. The molecule has 1 aromatic heterocycles. The molecule has 3 rings (SSSR count). The van der Waals surface area contributed by atoms with Crippen LogP contribution >= 0.6 is 12.4 Å². The highest BCUT2D eigenvalue weighted by atomic mass is 35.5. The molecule has 3 aromatic rings. The van der Waals surface area contributed by atoms with Crippen molar-refractivity contribution >= 4 is 24.3 Å². The third-order valence-electron chi connectivity index (χ3n) is 5.34. The Hall–Kier alpha value is -3.42. The number of halogens is 1. The lowest BCUT2D eigenvalue weighted by molar-refractivity contribution is -0.145. The van der Waals surface area contributed by atoms with Gasteiger partial charge in [-0.05, 0) is 68.3 Å². The molecule has 8 heteroatoms. The van der Waals surface area contributed by atoms with Gasteiger partial charge in [0.2, 0.25) is 0 Å². The van der Waals surface area contributed by atoms with Gasteiger partial charge in [-0.25, -0.2) is 0 Å².